The van der Waals surface area contributed by atoms with Gasteiger partial charge in [0.15, 0.2) is 0 Å². The Morgan fingerprint density at radius 2 is 1.48 bits per heavy atom. The Hall–Kier alpha value is -0.720. The summed E-state index contributed by atoms with van der Waals surface area (Å²) in [6.45, 7) is -0.621. The van der Waals surface area contributed by atoms with E-state index < -0.39 is 59.8 Å². The molecule has 1 unspecified atom stereocenters. The van der Waals surface area contributed by atoms with Crippen molar-refractivity contribution in [1.82, 2.24) is 0 Å². The van der Waals surface area contributed by atoms with Gasteiger partial charge in [-0.1, -0.05) is 0 Å². The van der Waals surface area contributed by atoms with Gasteiger partial charge in [-0.05, 0) is 0 Å². The molecule has 0 spiro atoms. The van der Waals surface area contributed by atoms with E-state index in [0.717, 1.165) is 0 Å². The molecule has 25 heavy (non-hydrogen) atoms. The van der Waals surface area contributed by atoms with Crippen molar-refractivity contribution in [1.29, 1.82) is 0 Å². The van der Waals surface area contributed by atoms with Gasteiger partial charge in [-0.15, -0.1) is 0 Å². The summed E-state index contributed by atoms with van der Waals surface area (Å²) in [6.07, 6.45) is 2.48. The van der Waals surface area contributed by atoms with Crippen LogP contribution < -0.4 is 0 Å². The van der Waals surface area contributed by atoms with E-state index in [-0.39, 0.29) is 13.0 Å². The molecule has 0 amide bonds. The molecule has 12 heteroatoms. The molecular formula is C13H12Cl2F5O4P. The first-order valence-electron chi connectivity index (χ1n) is 6.49. The fourth-order valence-corrected chi connectivity index (χ4v) is 3.08. The average molecular weight is 429 g/mol. The van der Waals surface area contributed by atoms with E-state index in [1.54, 1.807) is 0 Å². The Labute approximate surface area is 149 Å². The Balaban J connectivity index is 3.11. The second kappa shape index (κ2) is 8.31. The van der Waals surface area contributed by atoms with Gasteiger partial charge in [0.2, 0.25) is 0 Å². The number of terminal acetylenes is 1. The van der Waals surface area contributed by atoms with Crippen LogP contribution in [0.2, 0.25) is 0 Å². The zero-order valence-electron chi connectivity index (χ0n) is 12.3. The van der Waals surface area contributed by atoms with Gasteiger partial charge >= 0.3 is 149 Å². The summed E-state index contributed by atoms with van der Waals surface area (Å²) in [4.78, 5) is 18.7. The molecule has 0 heterocycles. The first kappa shape index (κ1) is 22.3. The van der Waals surface area contributed by atoms with E-state index in [2.05, 4.69) is 10.4 Å². The maximum atomic E-state index is 13.7. The molecule has 0 aliphatic heterocycles. The van der Waals surface area contributed by atoms with Crippen molar-refractivity contribution in [2.24, 2.45) is 0 Å². The fourth-order valence-electron chi connectivity index (χ4n) is 1.78. The molecule has 4 nitrogen and oxygen atoms in total. The van der Waals surface area contributed by atoms with Crippen molar-refractivity contribution in [2.75, 3.05) is 13.2 Å². The normalized spacial score (nSPS) is 14.6. The van der Waals surface area contributed by atoms with Gasteiger partial charge in [0.25, 0.3) is 0 Å². The number of halogens is 7. The average Bonchev–Trinajstić information content (AvgIpc) is 2.49. The molecule has 0 saturated heterocycles. The molecule has 0 aromatic heterocycles. The van der Waals surface area contributed by atoms with E-state index in [1.807, 2.05) is 0 Å². The van der Waals surface area contributed by atoms with Crippen LogP contribution in [0.15, 0.2) is 0 Å². The summed E-state index contributed by atoms with van der Waals surface area (Å²) in [5.41, 5.74) is -1.25. The third-order valence-electron chi connectivity index (χ3n) is 2.75. The van der Waals surface area contributed by atoms with E-state index >= 15 is 0 Å². The molecular weight excluding hydrogens is 417 g/mol. The molecule has 1 aromatic carbocycles. The fraction of sp³-hybridized carbons (Fsp3) is 0.385. The second-order valence-electron chi connectivity index (χ2n) is 4.77. The minimum absolute atomic E-state index is 0.0507. The summed E-state index contributed by atoms with van der Waals surface area (Å²) in [6, 6.07) is 0. The number of ether oxygens (including phenoxy) is 1. The van der Waals surface area contributed by atoms with Gasteiger partial charge in [-0.25, -0.2) is 0 Å². The van der Waals surface area contributed by atoms with Crippen LogP contribution >= 0.6 is 28.5 Å². The van der Waals surface area contributed by atoms with Crippen molar-refractivity contribution in [3.63, 3.8) is 0 Å². The zero-order chi connectivity index (χ0) is 19.4. The molecule has 2 N–H and O–H groups in total. The molecule has 0 radical (unpaired) electrons. The van der Waals surface area contributed by atoms with Crippen molar-refractivity contribution in [2.45, 2.75) is 18.9 Å². The van der Waals surface area contributed by atoms with Crippen LogP contribution in [0.25, 0.3) is 0 Å². The van der Waals surface area contributed by atoms with Crippen LogP contribution in [-0.4, -0.2) is 29.1 Å². The van der Waals surface area contributed by atoms with Crippen LogP contribution in [0, 0.1) is 41.4 Å². The molecule has 0 aliphatic carbocycles. The van der Waals surface area contributed by atoms with Crippen LogP contribution in [0.5, 0.6) is 0 Å². The summed E-state index contributed by atoms with van der Waals surface area (Å²) in [5, 5.41) is 0. The van der Waals surface area contributed by atoms with Crippen LogP contribution in [0.1, 0.15) is 12.0 Å². The molecule has 0 fully saturated rings. The van der Waals surface area contributed by atoms with E-state index in [4.69, 9.17) is 33.6 Å². The quantitative estimate of drug-likeness (QED) is 0.164. The van der Waals surface area contributed by atoms with Gasteiger partial charge in [0.05, 0.1) is 0 Å². The SMILES string of the molecule is C#CCCOCC(Cc1c(F)c(F)c(F)c(F)c1F)OP(O)(O)(Cl)Cl. The Kier molecular flexibility index (Phi) is 7.42. The standard InChI is InChI=1S/C13H12Cl2F5O4P/c1-2-3-4-23-6-7(24-25(14,15,21)22)5-8-9(16)11(18)13(20)12(19)10(8)17/h1,7,21-22H,3-6H2. The number of rotatable bonds is 8. The first-order chi connectivity index (χ1) is 11.3. The van der Waals surface area contributed by atoms with Crippen molar-refractivity contribution in [3.05, 3.63) is 34.6 Å². The van der Waals surface area contributed by atoms with Gasteiger partial charge < -0.3 is 0 Å². The molecule has 0 aliphatic rings. The monoisotopic (exact) mass is 428 g/mol. The molecule has 1 aromatic rings. The minimum atomic E-state index is -5.67. The number of hydrogen-bond acceptors (Lipinski definition) is 4. The van der Waals surface area contributed by atoms with Gasteiger partial charge in [0, 0.05) is 0 Å². The van der Waals surface area contributed by atoms with Gasteiger partial charge in [0.1, 0.15) is 0 Å². The van der Waals surface area contributed by atoms with Gasteiger partial charge in [-0.2, -0.15) is 0 Å². The van der Waals surface area contributed by atoms with E-state index in [1.165, 1.54) is 0 Å². The third kappa shape index (κ3) is 6.83. The Bertz CT molecular complexity index is 651. The van der Waals surface area contributed by atoms with Crippen LogP contribution in [-0.2, 0) is 15.7 Å². The molecule has 0 saturated carbocycles. The Morgan fingerprint density at radius 3 is 1.92 bits per heavy atom. The second-order valence-corrected chi connectivity index (χ2v) is 10.7. The van der Waals surface area contributed by atoms with Crippen molar-refractivity contribution >= 4 is 28.5 Å². The predicted octanol–water partition coefficient (Wildman–Crippen LogP) is 3.94. The first-order valence-corrected chi connectivity index (χ1v) is 10.4. The van der Waals surface area contributed by atoms with Crippen molar-refractivity contribution in [3.8, 4) is 12.3 Å². The Morgan fingerprint density at radius 1 is 1.00 bits per heavy atom. The molecule has 1 rings (SSSR count). The summed E-state index contributed by atoms with van der Waals surface area (Å²) >= 11 is 10.3. The van der Waals surface area contributed by atoms with Crippen LogP contribution in [0.3, 0.4) is 0 Å². The number of benzene rings is 1. The topological polar surface area (TPSA) is 58.9 Å². The summed E-state index contributed by atoms with van der Waals surface area (Å²) < 4.78 is 76.4. The van der Waals surface area contributed by atoms with E-state index in [9.17, 15) is 31.7 Å². The zero-order valence-corrected chi connectivity index (χ0v) is 14.7. The third-order valence-corrected chi connectivity index (χ3v) is 3.87. The molecule has 1 atom stereocenters. The molecule has 142 valence electrons. The maximum absolute atomic E-state index is 13.7. The number of hydrogen-bond donors (Lipinski definition) is 2. The molecule has 0 bridgehead atoms. The van der Waals surface area contributed by atoms with Crippen molar-refractivity contribution < 1.29 is 41.0 Å². The summed E-state index contributed by atoms with van der Waals surface area (Å²) in [7, 11) is 0. The van der Waals surface area contributed by atoms with Gasteiger partial charge in [-0.3, -0.25) is 0 Å². The predicted molar refractivity (Wildman–Crippen MR) is 82.1 cm³/mol. The van der Waals surface area contributed by atoms with E-state index in [0.29, 0.717) is 0 Å². The van der Waals surface area contributed by atoms with Crippen LogP contribution in [0.4, 0.5) is 22.0 Å². The summed E-state index contributed by atoms with van der Waals surface area (Å²) in [5.74, 6) is -14.3.